The molecule has 0 spiro atoms. The quantitative estimate of drug-likeness (QED) is 0.0261. The molecule has 1 aliphatic heterocycles. The molecule has 7 unspecified atom stereocenters. The van der Waals surface area contributed by atoms with Crippen molar-refractivity contribution in [1.82, 2.24) is 5.32 Å². The zero-order chi connectivity index (χ0) is 52.2. The summed E-state index contributed by atoms with van der Waals surface area (Å²) in [4.78, 5) is 13.0. The first-order valence-electron chi connectivity index (χ1n) is 28.4. The zero-order valence-corrected chi connectivity index (χ0v) is 45.1. The molecule has 0 aromatic carbocycles. The second kappa shape index (κ2) is 50.8. The molecule has 9 heteroatoms. The molecule has 1 saturated heterocycles. The topological polar surface area (TPSA) is 149 Å². The van der Waals surface area contributed by atoms with Crippen LogP contribution in [0.2, 0.25) is 0 Å². The van der Waals surface area contributed by atoms with Crippen LogP contribution in [0.5, 0.6) is 0 Å². The maximum Gasteiger partial charge on any atom is 0.220 e. The van der Waals surface area contributed by atoms with E-state index in [4.69, 9.17) is 9.47 Å². The normalized spacial score (nSPS) is 20.2. The molecular formula is C63H103NO8. The molecule has 1 aliphatic rings. The van der Waals surface area contributed by atoms with Crippen molar-refractivity contribution in [3.05, 3.63) is 134 Å². The Bertz CT molecular complexity index is 1580. The summed E-state index contributed by atoms with van der Waals surface area (Å²) in [6.07, 6.45) is 70.8. The van der Waals surface area contributed by atoms with Crippen molar-refractivity contribution < 1.29 is 39.8 Å². The minimum absolute atomic E-state index is 0.223. The fraction of sp³-hybridized carbons (Fsp3) is 0.635. The summed E-state index contributed by atoms with van der Waals surface area (Å²) in [5.41, 5.74) is 0. The van der Waals surface area contributed by atoms with E-state index in [0.29, 0.717) is 6.42 Å². The monoisotopic (exact) mass is 1000 g/mol. The smallest absolute Gasteiger partial charge is 0.220 e. The van der Waals surface area contributed by atoms with Crippen LogP contribution in [0.25, 0.3) is 0 Å². The third kappa shape index (κ3) is 39.8. The summed E-state index contributed by atoms with van der Waals surface area (Å²) in [5, 5.41) is 54.4. The van der Waals surface area contributed by atoms with Crippen molar-refractivity contribution >= 4 is 5.91 Å². The molecular weight excluding hydrogens is 899 g/mol. The van der Waals surface area contributed by atoms with Gasteiger partial charge in [0, 0.05) is 6.42 Å². The van der Waals surface area contributed by atoms with Crippen LogP contribution >= 0.6 is 0 Å². The molecule has 0 bridgehead atoms. The summed E-state index contributed by atoms with van der Waals surface area (Å²) >= 11 is 0. The molecule has 0 aliphatic carbocycles. The van der Waals surface area contributed by atoms with Crippen LogP contribution in [-0.4, -0.2) is 87.5 Å². The number of carbonyl (C=O) groups is 1. The van der Waals surface area contributed by atoms with Crippen molar-refractivity contribution in [2.24, 2.45) is 0 Å². The van der Waals surface area contributed by atoms with E-state index in [9.17, 15) is 30.3 Å². The van der Waals surface area contributed by atoms with E-state index in [0.717, 1.165) is 96.3 Å². The number of nitrogens with one attached hydrogen (secondary N) is 1. The first kappa shape index (κ1) is 66.3. The number of aliphatic hydroxyl groups excluding tert-OH is 5. The number of unbranched alkanes of at least 4 members (excludes halogenated alkanes) is 16. The van der Waals surface area contributed by atoms with Gasteiger partial charge in [-0.15, -0.1) is 0 Å². The van der Waals surface area contributed by atoms with E-state index in [1.807, 2.05) is 6.08 Å². The standard InChI is InChI=1S/C63H103NO8/c1-3-5-7-9-11-13-15-17-19-21-23-24-25-26-27-28-29-30-31-32-33-34-35-37-39-41-43-45-47-49-51-53-59(67)64-56(55-71-63-62(70)61(69)60(68)58(54-65)72-63)57(66)52-50-48-46-44-42-40-38-36-22-20-18-16-14-12-10-8-6-4-2/h5,7,11,13,17,19,23-24,26-27,29-30,32-33,35,37,41-44,50,52,56-58,60-63,65-66,68-70H,3-4,6,8-10,12,14-16,18,20-22,25,28,31,34,36,38-40,45-49,51,53-55H2,1-2H3,(H,64,67)/b7-5-,13-11-,19-17-,24-23-,27-26-,30-29-,33-32-,37-35-,43-41-,44-42+,52-50+. The molecule has 1 amide bonds. The van der Waals surface area contributed by atoms with Gasteiger partial charge in [-0.3, -0.25) is 4.79 Å². The van der Waals surface area contributed by atoms with Crippen molar-refractivity contribution in [2.75, 3.05) is 13.2 Å². The lowest BCUT2D eigenvalue weighted by molar-refractivity contribution is -0.302. The van der Waals surface area contributed by atoms with Crippen LogP contribution in [0, 0.1) is 0 Å². The third-order valence-corrected chi connectivity index (χ3v) is 12.5. The number of hydrogen-bond acceptors (Lipinski definition) is 8. The van der Waals surface area contributed by atoms with Crippen LogP contribution < -0.4 is 5.32 Å². The van der Waals surface area contributed by atoms with E-state index >= 15 is 0 Å². The summed E-state index contributed by atoms with van der Waals surface area (Å²) in [6.45, 7) is 3.62. The van der Waals surface area contributed by atoms with Crippen molar-refractivity contribution in [2.45, 2.75) is 243 Å². The number of allylic oxidation sites excluding steroid dienone is 21. The molecule has 1 rings (SSSR count). The Morgan fingerprint density at radius 2 is 0.875 bits per heavy atom. The predicted molar refractivity (Wildman–Crippen MR) is 303 cm³/mol. The van der Waals surface area contributed by atoms with Crippen LogP contribution in [-0.2, 0) is 14.3 Å². The number of hydrogen-bond donors (Lipinski definition) is 6. The first-order valence-corrected chi connectivity index (χ1v) is 28.4. The Balaban J connectivity index is 2.31. The summed E-state index contributed by atoms with van der Waals surface area (Å²) in [7, 11) is 0. The second-order valence-electron chi connectivity index (χ2n) is 19.0. The Morgan fingerprint density at radius 3 is 1.33 bits per heavy atom. The Morgan fingerprint density at radius 1 is 0.486 bits per heavy atom. The molecule has 72 heavy (non-hydrogen) atoms. The molecule has 1 heterocycles. The highest BCUT2D eigenvalue weighted by Crippen LogP contribution is 2.22. The second-order valence-corrected chi connectivity index (χ2v) is 19.0. The molecule has 1 fully saturated rings. The van der Waals surface area contributed by atoms with E-state index in [1.165, 1.54) is 77.0 Å². The summed E-state index contributed by atoms with van der Waals surface area (Å²) < 4.78 is 11.2. The average molecular weight is 1000 g/mol. The Hall–Kier alpha value is -3.67. The Kier molecular flexibility index (Phi) is 46.9. The number of amides is 1. The Labute approximate surface area is 439 Å². The predicted octanol–water partition coefficient (Wildman–Crippen LogP) is 14.1. The van der Waals surface area contributed by atoms with Gasteiger partial charge in [0.15, 0.2) is 6.29 Å². The van der Waals surface area contributed by atoms with Gasteiger partial charge in [0.05, 0.1) is 25.4 Å². The summed E-state index contributed by atoms with van der Waals surface area (Å²) in [5.74, 6) is -0.224. The molecule has 9 nitrogen and oxygen atoms in total. The van der Waals surface area contributed by atoms with E-state index in [2.05, 4.69) is 141 Å². The van der Waals surface area contributed by atoms with Crippen molar-refractivity contribution in [1.29, 1.82) is 0 Å². The third-order valence-electron chi connectivity index (χ3n) is 12.5. The van der Waals surface area contributed by atoms with Crippen molar-refractivity contribution in [3.63, 3.8) is 0 Å². The summed E-state index contributed by atoms with van der Waals surface area (Å²) in [6, 6.07) is -0.850. The molecule has 7 atom stereocenters. The van der Waals surface area contributed by atoms with Gasteiger partial charge in [0.2, 0.25) is 5.91 Å². The SMILES string of the molecule is CC/C=C\C/C=C\C/C=C\C/C=C\C/C=C\C/C=C\C/C=C\C/C=C\C/C=C\CCCCCC(=O)NC(COC1OC(CO)C(O)C(O)C1O)C(O)/C=C/CC/C=C/CCCCCCCCCCCCCC. The lowest BCUT2D eigenvalue weighted by Crippen LogP contribution is -2.60. The molecule has 0 aromatic heterocycles. The maximum absolute atomic E-state index is 13.0. The average Bonchev–Trinajstić information content (AvgIpc) is 3.38. The van der Waals surface area contributed by atoms with E-state index in [1.54, 1.807) is 6.08 Å². The van der Waals surface area contributed by atoms with E-state index in [-0.39, 0.29) is 18.9 Å². The molecule has 0 saturated carbocycles. The maximum atomic E-state index is 13.0. The van der Waals surface area contributed by atoms with Gasteiger partial charge in [-0.25, -0.2) is 0 Å². The number of aliphatic hydroxyl groups is 5. The van der Waals surface area contributed by atoms with Crippen LogP contribution in [0.4, 0.5) is 0 Å². The van der Waals surface area contributed by atoms with E-state index < -0.39 is 49.5 Å². The number of rotatable bonds is 46. The lowest BCUT2D eigenvalue weighted by atomic mass is 9.99. The fourth-order valence-corrected chi connectivity index (χ4v) is 7.99. The van der Waals surface area contributed by atoms with Gasteiger partial charge in [0.1, 0.15) is 24.4 Å². The van der Waals surface area contributed by atoms with Crippen molar-refractivity contribution in [3.8, 4) is 0 Å². The minimum Gasteiger partial charge on any atom is -0.394 e. The number of carbonyl (C=O) groups excluding carboxylic acids is 1. The van der Waals surface area contributed by atoms with Gasteiger partial charge in [-0.05, 0) is 103 Å². The highest BCUT2D eigenvalue weighted by molar-refractivity contribution is 5.76. The van der Waals surface area contributed by atoms with Gasteiger partial charge in [0.25, 0.3) is 0 Å². The highest BCUT2D eigenvalue weighted by atomic mass is 16.7. The van der Waals surface area contributed by atoms with Crippen LogP contribution in [0.1, 0.15) is 200 Å². The van der Waals surface area contributed by atoms with Gasteiger partial charge < -0.3 is 40.3 Å². The largest absolute Gasteiger partial charge is 0.394 e. The number of ether oxygens (including phenoxy) is 2. The molecule has 408 valence electrons. The minimum atomic E-state index is -1.59. The van der Waals surface area contributed by atoms with Gasteiger partial charge >= 0.3 is 0 Å². The molecule has 6 N–H and O–H groups in total. The van der Waals surface area contributed by atoms with Gasteiger partial charge in [-0.2, -0.15) is 0 Å². The van der Waals surface area contributed by atoms with Gasteiger partial charge in [-0.1, -0.05) is 225 Å². The fourth-order valence-electron chi connectivity index (χ4n) is 7.99. The highest BCUT2D eigenvalue weighted by Gasteiger charge is 2.44. The molecule has 0 radical (unpaired) electrons. The first-order chi connectivity index (χ1) is 35.3. The van der Waals surface area contributed by atoms with Crippen LogP contribution in [0.3, 0.4) is 0 Å². The van der Waals surface area contributed by atoms with Crippen LogP contribution in [0.15, 0.2) is 134 Å². The lowest BCUT2D eigenvalue weighted by Gasteiger charge is -2.40. The zero-order valence-electron chi connectivity index (χ0n) is 45.1. The molecule has 0 aromatic rings.